The minimum Gasteiger partial charge on any atom is -0.462 e. The third-order valence-corrected chi connectivity index (χ3v) is 9.20. The maximum atomic E-state index is 15.9. The molecule has 5 aliphatic rings. The predicted molar refractivity (Wildman–Crippen MR) is 133 cm³/mol. The standard InChI is InChI=1S/C27H27ClF4N4O2/c1-35-7-3-4-14(35)11-38-25-33-18-9-26(16-5-2-6-17(28)20(16)22(29)23(26)30)10-19-21(18)24(34-25)36-13-27(31,32)8-15(36)12-37-19/h2,5-6,14-15,19H,3-4,7-13H2,1H3/t14?,15-,19?,26?/m0/s1. The summed E-state index contributed by atoms with van der Waals surface area (Å²) >= 11 is 6.30. The van der Waals surface area contributed by atoms with Crippen molar-refractivity contribution in [3.8, 4) is 6.01 Å². The highest BCUT2D eigenvalue weighted by Crippen LogP contribution is 2.59. The van der Waals surface area contributed by atoms with Gasteiger partial charge in [-0.25, -0.2) is 17.6 Å². The Morgan fingerprint density at radius 2 is 2.05 bits per heavy atom. The topological polar surface area (TPSA) is 50.7 Å². The molecule has 2 aromatic rings. The number of likely N-dealkylation sites (N-methyl/N-ethyl adjacent to an activating group) is 1. The van der Waals surface area contributed by atoms with Crippen LogP contribution in [0.1, 0.15) is 54.2 Å². The van der Waals surface area contributed by atoms with E-state index < -0.39 is 41.7 Å². The Morgan fingerprint density at radius 3 is 2.84 bits per heavy atom. The van der Waals surface area contributed by atoms with Crippen molar-refractivity contribution in [3.05, 3.63) is 51.4 Å². The fourth-order valence-electron chi connectivity index (χ4n) is 6.99. The maximum Gasteiger partial charge on any atom is 0.318 e. The van der Waals surface area contributed by atoms with Gasteiger partial charge in [-0.3, -0.25) is 0 Å². The highest BCUT2D eigenvalue weighted by Gasteiger charge is 2.56. The highest BCUT2D eigenvalue weighted by molar-refractivity contribution is 6.32. The van der Waals surface area contributed by atoms with Crippen molar-refractivity contribution >= 4 is 23.2 Å². The number of anilines is 1. The number of benzene rings is 1. The van der Waals surface area contributed by atoms with Gasteiger partial charge in [-0.1, -0.05) is 23.7 Å². The van der Waals surface area contributed by atoms with Gasteiger partial charge in [-0.05, 0) is 44.5 Å². The van der Waals surface area contributed by atoms with Gasteiger partial charge in [-0.2, -0.15) is 9.97 Å². The number of hydrogen-bond donors (Lipinski definition) is 0. The molecule has 1 aromatic heterocycles. The first-order valence-corrected chi connectivity index (χ1v) is 13.4. The number of rotatable bonds is 3. The van der Waals surface area contributed by atoms with Crippen molar-refractivity contribution < 1.29 is 27.0 Å². The molecule has 0 saturated carbocycles. The fraction of sp³-hybridized carbons (Fsp3) is 0.556. The summed E-state index contributed by atoms with van der Waals surface area (Å²) in [7, 11) is 2.03. The van der Waals surface area contributed by atoms with Crippen molar-refractivity contribution in [2.45, 2.75) is 61.6 Å². The van der Waals surface area contributed by atoms with Crippen LogP contribution in [0.4, 0.5) is 23.4 Å². The van der Waals surface area contributed by atoms with Gasteiger partial charge in [0.1, 0.15) is 18.3 Å². The van der Waals surface area contributed by atoms with Crippen molar-refractivity contribution in [1.29, 1.82) is 0 Å². The van der Waals surface area contributed by atoms with Crippen LogP contribution < -0.4 is 9.64 Å². The summed E-state index contributed by atoms with van der Waals surface area (Å²) in [6, 6.07) is 4.55. The molecule has 0 radical (unpaired) electrons. The molecule has 7 rings (SSSR count). The summed E-state index contributed by atoms with van der Waals surface area (Å²) < 4.78 is 72.4. The van der Waals surface area contributed by atoms with E-state index in [-0.39, 0.29) is 48.5 Å². The third-order valence-electron chi connectivity index (χ3n) is 8.89. The van der Waals surface area contributed by atoms with Gasteiger partial charge in [-0.15, -0.1) is 0 Å². The molecule has 1 aromatic carbocycles. The molecule has 11 heteroatoms. The molecule has 2 aliphatic carbocycles. The molecule has 2 saturated heterocycles. The smallest absolute Gasteiger partial charge is 0.318 e. The summed E-state index contributed by atoms with van der Waals surface area (Å²) in [6.07, 6.45) is 1.07. The zero-order valence-corrected chi connectivity index (χ0v) is 21.6. The van der Waals surface area contributed by atoms with Gasteiger partial charge in [0.25, 0.3) is 5.92 Å². The first-order chi connectivity index (χ1) is 18.2. The Bertz CT molecular complexity index is 1360. The molecule has 4 atom stereocenters. The predicted octanol–water partition coefficient (Wildman–Crippen LogP) is 5.39. The second kappa shape index (κ2) is 8.53. The first-order valence-electron chi connectivity index (χ1n) is 13.0. The molecular weight excluding hydrogens is 524 g/mol. The second-order valence-electron chi connectivity index (χ2n) is 11.2. The van der Waals surface area contributed by atoms with E-state index in [9.17, 15) is 8.78 Å². The third kappa shape index (κ3) is 3.59. The van der Waals surface area contributed by atoms with Gasteiger partial charge in [0.2, 0.25) is 0 Å². The SMILES string of the molecule is CN1CCCC1COc1nc2c3c(n1)N1CC(F)(F)C[C@H]1COC3CC1(C2)C(F)=C(F)c2c(Cl)cccc21. The van der Waals surface area contributed by atoms with Crippen LogP contribution in [0.25, 0.3) is 5.83 Å². The molecule has 4 heterocycles. The van der Waals surface area contributed by atoms with Crippen molar-refractivity contribution in [1.82, 2.24) is 14.9 Å². The molecule has 3 aliphatic heterocycles. The average molecular weight is 551 g/mol. The van der Waals surface area contributed by atoms with E-state index >= 15 is 8.78 Å². The summed E-state index contributed by atoms with van der Waals surface area (Å²) in [5.41, 5.74) is 0.118. The molecule has 0 bridgehead atoms. The monoisotopic (exact) mass is 550 g/mol. The molecule has 38 heavy (non-hydrogen) atoms. The number of nitrogens with zero attached hydrogens (tertiary/aromatic N) is 4. The van der Waals surface area contributed by atoms with E-state index in [1.54, 1.807) is 17.0 Å². The lowest BCUT2D eigenvalue weighted by atomic mass is 9.68. The molecule has 0 N–H and O–H groups in total. The number of alkyl halides is 2. The van der Waals surface area contributed by atoms with Gasteiger partial charge in [0, 0.05) is 30.0 Å². The number of aromatic nitrogens is 2. The Labute approximate surface area is 222 Å². The molecule has 1 spiro atoms. The Morgan fingerprint density at radius 1 is 1.21 bits per heavy atom. The first kappa shape index (κ1) is 24.6. The van der Waals surface area contributed by atoms with E-state index in [1.807, 2.05) is 7.05 Å². The van der Waals surface area contributed by atoms with E-state index in [4.69, 9.17) is 21.1 Å². The van der Waals surface area contributed by atoms with E-state index in [2.05, 4.69) is 14.9 Å². The second-order valence-corrected chi connectivity index (χ2v) is 11.6. The Kier molecular flexibility index (Phi) is 5.52. The summed E-state index contributed by atoms with van der Waals surface area (Å²) in [4.78, 5) is 13.1. The van der Waals surface area contributed by atoms with Crippen molar-refractivity contribution in [2.24, 2.45) is 0 Å². The summed E-state index contributed by atoms with van der Waals surface area (Å²) in [5.74, 6) is -4.42. The average Bonchev–Trinajstić information content (AvgIpc) is 3.46. The minimum absolute atomic E-state index is 0.0128. The van der Waals surface area contributed by atoms with E-state index in [0.29, 0.717) is 29.2 Å². The van der Waals surface area contributed by atoms with Crippen LogP contribution >= 0.6 is 11.6 Å². The quantitative estimate of drug-likeness (QED) is 0.478. The van der Waals surface area contributed by atoms with Crippen molar-refractivity contribution in [2.75, 3.05) is 38.3 Å². The zero-order valence-electron chi connectivity index (χ0n) is 20.8. The number of fused-ring (bicyclic) bond motifs is 4. The summed E-state index contributed by atoms with van der Waals surface area (Å²) in [5, 5.41) is 0.135. The Balaban J connectivity index is 1.35. The van der Waals surface area contributed by atoms with Crippen LogP contribution in [0.15, 0.2) is 24.0 Å². The maximum absolute atomic E-state index is 15.9. The van der Waals surface area contributed by atoms with Crippen LogP contribution in [0.5, 0.6) is 6.01 Å². The molecule has 202 valence electrons. The molecule has 6 nitrogen and oxygen atoms in total. The lowest BCUT2D eigenvalue weighted by Crippen LogP contribution is -2.37. The lowest BCUT2D eigenvalue weighted by molar-refractivity contribution is -0.00195. The van der Waals surface area contributed by atoms with Crippen LogP contribution in [0.3, 0.4) is 0 Å². The molecular formula is C27H27ClF4N4O2. The van der Waals surface area contributed by atoms with Crippen molar-refractivity contribution in [3.63, 3.8) is 0 Å². The lowest BCUT2D eigenvalue weighted by Gasteiger charge is -2.39. The number of likely N-dealkylation sites (tertiary alicyclic amines) is 1. The summed E-state index contributed by atoms with van der Waals surface area (Å²) in [6.45, 7) is 0.843. The van der Waals surface area contributed by atoms with Gasteiger partial charge in [0.05, 0.1) is 41.4 Å². The zero-order chi connectivity index (χ0) is 26.4. The van der Waals surface area contributed by atoms with Crippen LogP contribution in [-0.2, 0) is 16.6 Å². The van der Waals surface area contributed by atoms with Gasteiger partial charge >= 0.3 is 6.01 Å². The van der Waals surface area contributed by atoms with E-state index in [1.165, 1.54) is 6.07 Å². The molecule has 2 fully saturated rings. The minimum atomic E-state index is -2.89. The fourth-order valence-corrected chi connectivity index (χ4v) is 7.24. The van der Waals surface area contributed by atoms with E-state index in [0.717, 1.165) is 19.4 Å². The largest absolute Gasteiger partial charge is 0.462 e. The number of allylic oxidation sites excluding steroid dienone is 1. The van der Waals surface area contributed by atoms with Crippen LogP contribution in [0.2, 0.25) is 5.02 Å². The van der Waals surface area contributed by atoms with Gasteiger partial charge < -0.3 is 19.3 Å². The molecule has 3 unspecified atom stereocenters. The Hall–Kier alpha value is -2.43. The normalized spacial score (nSPS) is 31.4. The highest BCUT2D eigenvalue weighted by atomic mass is 35.5. The van der Waals surface area contributed by atoms with Gasteiger partial charge in [0.15, 0.2) is 5.83 Å². The van der Waals surface area contributed by atoms with Crippen LogP contribution in [0, 0.1) is 0 Å². The van der Waals surface area contributed by atoms with Crippen LogP contribution in [-0.4, -0.2) is 66.2 Å². The number of hydrogen-bond acceptors (Lipinski definition) is 6. The number of ether oxygens (including phenoxy) is 2. The molecule has 0 amide bonds. The number of halogens is 5.